The summed E-state index contributed by atoms with van der Waals surface area (Å²) in [6, 6.07) is 7.72. The quantitative estimate of drug-likeness (QED) is 0.882. The maximum absolute atomic E-state index is 11.4. The number of primary amides is 1. The number of hydrogen-bond donors (Lipinski definition) is 1. The van der Waals surface area contributed by atoms with Crippen LogP contribution in [0, 0.1) is 0 Å². The van der Waals surface area contributed by atoms with Crippen LogP contribution in [0.15, 0.2) is 33.7 Å². The van der Waals surface area contributed by atoms with Crippen molar-refractivity contribution in [3.05, 3.63) is 41.5 Å². The summed E-state index contributed by atoms with van der Waals surface area (Å²) in [6.07, 6.45) is 3.59. The number of carbonyl (C=O) groups excluding carboxylic acids is 1. The second-order valence-electron chi connectivity index (χ2n) is 5.55. The number of rotatable bonds is 5. The number of benzene rings is 1. The lowest BCUT2D eigenvalue weighted by molar-refractivity contribution is 0.0987. The van der Waals surface area contributed by atoms with Crippen molar-refractivity contribution in [1.29, 1.82) is 0 Å². The molecule has 2 unspecified atom stereocenters. The molecule has 1 aromatic carbocycles. The normalized spacial score (nSPS) is 19.8. The second kappa shape index (κ2) is 6.59. The minimum atomic E-state index is -0.970. The first-order valence-corrected chi connectivity index (χ1v) is 8.90. The van der Waals surface area contributed by atoms with E-state index in [-0.39, 0.29) is 11.9 Å². The predicted octanol–water partition coefficient (Wildman–Crippen LogP) is 1.24. The molecule has 122 valence electrons. The van der Waals surface area contributed by atoms with Crippen LogP contribution in [-0.2, 0) is 17.3 Å². The Morgan fingerprint density at radius 1 is 1.43 bits per heavy atom. The van der Waals surface area contributed by atoms with Crippen LogP contribution in [0.5, 0.6) is 0 Å². The smallest absolute Gasteiger partial charge is 0.290 e. The van der Waals surface area contributed by atoms with Gasteiger partial charge in [0.25, 0.3) is 11.7 Å². The van der Waals surface area contributed by atoms with Crippen molar-refractivity contribution in [2.75, 3.05) is 12.8 Å². The molecule has 7 nitrogen and oxygen atoms in total. The fourth-order valence-corrected chi connectivity index (χ4v) is 3.31. The molecule has 1 aromatic heterocycles. The number of amides is 1. The molecule has 2 heterocycles. The molecule has 0 spiro atoms. The summed E-state index contributed by atoms with van der Waals surface area (Å²) in [5, 5.41) is 3.61. The Labute approximate surface area is 136 Å². The lowest BCUT2D eigenvalue weighted by Gasteiger charge is -2.21. The first-order valence-electron chi connectivity index (χ1n) is 7.34. The maximum Gasteiger partial charge on any atom is 0.290 e. The monoisotopic (exact) mass is 334 g/mol. The first-order chi connectivity index (χ1) is 11.0. The molecule has 0 aliphatic carbocycles. The van der Waals surface area contributed by atoms with Gasteiger partial charge in [0.15, 0.2) is 0 Å². The molecule has 0 saturated carbocycles. The van der Waals surface area contributed by atoms with Crippen LogP contribution in [-0.4, -0.2) is 38.0 Å². The van der Waals surface area contributed by atoms with Crippen LogP contribution in [0.2, 0.25) is 0 Å². The molecule has 2 N–H and O–H groups in total. The van der Waals surface area contributed by atoms with Crippen molar-refractivity contribution in [3.63, 3.8) is 0 Å². The van der Waals surface area contributed by atoms with Crippen LogP contribution in [0.25, 0.3) is 0 Å². The van der Waals surface area contributed by atoms with Crippen molar-refractivity contribution in [1.82, 2.24) is 15.0 Å². The van der Waals surface area contributed by atoms with Gasteiger partial charge in [-0.25, -0.2) is 0 Å². The van der Waals surface area contributed by atoms with Gasteiger partial charge in [-0.2, -0.15) is 4.98 Å². The Hall–Kier alpha value is -2.06. The van der Waals surface area contributed by atoms with Crippen LogP contribution < -0.4 is 5.73 Å². The predicted molar refractivity (Wildman–Crippen MR) is 84.0 cm³/mol. The molecule has 2 aromatic rings. The fourth-order valence-electron chi connectivity index (χ4n) is 2.79. The van der Waals surface area contributed by atoms with Crippen molar-refractivity contribution < 1.29 is 13.5 Å². The molecule has 1 fully saturated rings. The standard InChI is InChI=1S/C15H18N4O3S/c1-23(21)11-6-4-10(5-7-11)9-19-8-2-3-12(19)15-17-14(13(16)20)18-22-15/h4-7,12H,2-3,8-9H2,1H3,(H2,16,20). The molecular weight excluding hydrogens is 316 g/mol. The Morgan fingerprint density at radius 2 is 2.17 bits per heavy atom. The zero-order valence-electron chi connectivity index (χ0n) is 12.8. The van der Waals surface area contributed by atoms with E-state index < -0.39 is 16.7 Å². The third-order valence-corrected chi connectivity index (χ3v) is 4.89. The summed E-state index contributed by atoms with van der Waals surface area (Å²) in [5.41, 5.74) is 6.29. The van der Waals surface area contributed by atoms with Gasteiger partial charge in [0.1, 0.15) is 0 Å². The number of nitrogens with two attached hydrogens (primary N) is 1. The van der Waals surface area contributed by atoms with Gasteiger partial charge in [-0.3, -0.25) is 13.9 Å². The number of nitrogens with zero attached hydrogens (tertiary/aromatic N) is 3. The Kier molecular flexibility index (Phi) is 4.53. The van der Waals surface area contributed by atoms with Crippen molar-refractivity contribution in [3.8, 4) is 0 Å². The lowest BCUT2D eigenvalue weighted by atomic mass is 10.2. The van der Waals surface area contributed by atoms with Gasteiger partial charge in [0.05, 0.1) is 6.04 Å². The Bertz CT molecular complexity index is 729. The third kappa shape index (κ3) is 3.48. The van der Waals surface area contributed by atoms with Gasteiger partial charge in [0, 0.05) is 28.5 Å². The van der Waals surface area contributed by atoms with E-state index in [1.165, 1.54) is 0 Å². The molecule has 1 aliphatic rings. The minimum absolute atomic E-state index is 0.00409. The van der Waals surface area contributed by atoms with Gasteiger partial charge < -0.3 is 10.3 Å². The molecule has 1 aliphatic heterocycles. The molecule has 1 amide bonds. The molecule has 0 bridgehead atoms. The molecule has 8 heteroatoms. The van der Waals surface area contributed by atoms with E-state index in [0.717, 1.165) is 36.4 Å². The van der Waals surface area contributed by atoms with Gasteiger partial charge in [-0.05, 0) is 37.1 Å². The van der Waals surface area contributed by atoms with Crippen molar-refractivity contribution in [2.24, 2.45) is 5.73 Å². The summed E-state index contributed by atoms with van der Waals surface area (Å²) in [5.74, 6) is -0.336. The first kappa shape index (κ1) is 15.8. The highest BCUT2D eigenvalue weighted by atomic mass is 32.2. The average molecular weight is 334 g/mol. The fraction of sp³-hybridized carbons (Fsp3) is 0.400. The molecule has 1 saturated heterocycles. The third-order valence-electron chi connectivity index (χ3n) is 3.95. The van der Waals surface area contributed by atoms with E-state index in [0.29, 0.717) is 5.89 Å². The highest BCUT2D eigenvalue weighted by Gasteiger charge is 2.31. The van der Waals surface area contributed by atoms with Gasteiger partial charge in [0.2, 0.25) is 5.89 Å². The van der Waals surface area contributed by atoms with Crippen molar-refractivity contribution in [2.45, 2.75) is 30.3 Å². The average Bonchev–Trinajstić information content (AvgIpc) is 3.16. The van der Waals surface area contributed by atoms with Crippen LogP contribution >= 0.6 is 0 Å². The van der Waals surface area contributed by atoms with E-state index in [1.54, 1.807) is 6.26 Å². The number of hydrogen-bond acceptors (Lipinski definition) is 6. The summed E-state index contributed by atoms with van der Waals surface area (Å²) in [6.45, 7) is 1.65. The molecule has 23 heavy (non-hydrogen) atoms. The molecule has 0 radical (unpaired) electrons. The number of aromatic nitrogens is 2. The zero-order chi connectivity index (χ0) is 16.4. The Balaban J connectivity index is 1.73. The highest BCUT2D eigenvalue weighted by Crippen LogP contribution is 2.32. The maximum atomic E-state index is 11.4. The van der Waals surface area contributed by atoms with E-state index in [4.69, 9.17) is 10.3 Å². The number of carbonyl (C=O) groups is 1. The SMILES string of the molecule is CS(=O)c1ccc(CN2CCCC2c2nc(C(N)=O)no2)cc1. The van der Waals surface area contributed by atoms with E-state index in [9.17, 15) is 9.00 Å². The van der Waals surface area contributed by atoms with E-state index in [1.807, 2.05) is 24.3 Å². The molecular formula is C15H18N4O3S. The summed E-state index contributed by atoms with van der Waals surface area (Å²) in [4.78, 5) is 18.2. The lowest BCUT2D eigenvalue weighted by Crippen LogP contribution is -2.23. The molecule has 2 atom stereocenters. The molecule has 3 rings (SSSR count). The van der Waals surface area contributed by atoms with E-state index in [2.05, 4.69) is 15.0 Å². The van der Waals surface area contributed by atoms with E-state index >= 15 is 0 Å². The second-order valence-corrected chi connectivity index (χ2v) is 6.93. The minimum Gasteiger partial charge on any atom is -0.363 e. The summed E-state index contributed by atoms with van der Waals surface area (Å²) >= 11 is 0. The largest absolute Gasteiger partial charge is 0.363 e. The van der Waals surface area contributed by atoms with Crippen LogP contribution in [0.3, 0.4) is 0 Å². The number of likely N-dealkylation sites (tertiary alicyclic amines) is 1. The van der Waals surface area contributed by atoms with Crippen LogP contribution in [0.4, 0.5) is 0 Å². The van der Waals surface area contributed by atoms with Crippen LogP contribution in [0.1, 0.15) is 41.0 Å². The zero-order valence-corrected chi connectivity index (χ0v) is 13.6. The Morgan fingerprint density at radius 3 is 2.78 bits per heavy atom. The van der Waals surface area contributed by atoms with Crippen molar-refractivity contribution >= 4 is 16.7 Å². The van der Waals surface area contributed by atoms with Gasteiger partial charge >= 0.3 is 0 Å². The summed E-state index contributed by atoms with van der Waals surface area (Å²) < 4.78 is 16.6. The topological polar surface area (TPSA) is 102 Å². The highest BCUT2D eigenvalue weighted by molar-refractivity contribution is 7.84. The van der Waals surface area contributed by atoms with Gasteiger partial charge in [-0.1, -0.05) is 17.3 Å². The van der Waals surface area contributed by atoms with Gasteiger partial charge in [-0.15, -0.1) is 0 Å². The summed E-state index contributed by atoms with van der Waals surface area (Å²) in [7, 11) is -0.970.